The zero-order valence-corrected chi connectivity index (χ0v) is 11.5. The van der Waals surface area contributed by atoms with Gasteiger partial charge in [0.2, 0.25) is 0 Å². The van der Waals surface area contributed by atoms with Gasteiger partial charge in [0.05, 0.1) is 12.0 Å². The van der Waals surface area contributed by atoms with Crippen molar-refractivity contribution in [2.45, 2.75) is 31.5 Å². The first-order chi connectivity index (χ1) is 9.33. The van der Waals surface area contributed by atoms with Gasteiger partial charge in [-0.3, -0.25) is 4.79 Å². The van der Waals surface area contributed by atoms with Crippen LogP contribution in [0.3, 0.4) is 0 Å². The number of hydrogen-bond acceptors (Lipinski definition) is 3. The Morgan fingerprint density at radius 3 is 2.60 bits per heavy atom. The second-order valence-electron chi connectivity index (χ2n) is 3.90. The van der Waals surface area contributed by atoms with E-state index in [1.165, 1.54) is 18.2 Å². The number of alkyl halides is 4. The zero-order valence-electron chi connectivity index (χ0n) is 10.7. The first-order valence-corrected chi connectivity index (χ1v) is 6.41. The van der Waals surface area contributed by atoms with Gasteiger partial charge in [0.1, 0.15) is 5.75 Å². The van der Waals surface area contributed by atoms with E-state index in [4.69, 9.17) is 16.3 Å². The van der Waals surface area contributed by atoms with Crippen LogP contribution in [0.5, 0.6) is 5.75 Å². The summed E-state index contributed by atoms with van der Waals surface area (Å²) in [7, 11) is 0. The summed E-state index contributed by atoms with van der Waals surface area (Å²) in [4.78, 5) is 11.2. The molecule has 0 heterocycles. The third-order valence-electron chi connectivity index (χ3n) is 2.39. The fourth-order valence-corrected chi connectivity index (χ4v) is 1.88. The Morgan fingerprint density at radius 1 is 1.35 bits per heavy atom. The van der Waals surface area contributed by atoms with Crippen molar-refractivity contribution in [3.8, 4) is 5.75 Å². The summed E-state index contributed by atoms with van der Waals surface area (Å²) in [5, 5.41) is -0.766. The molecule has 0 fully saturated rings. The number of carbonyl (C=O) groups is 1. The van der Waals surface area contributed by atoms with Crippen LogP contribution in [0, 0.1) is 0 Å². The van der Waals surface area contributed by atoms with E-state index >= 15 is 0 Å². The number of hydrogen-bond donors (Lipinski definition) is 0. The Morgan fingerprint density at radius 2 is 2.00 bits per heavy atom. The van der Waals surface area contributed by atoms with E-state index in [1.807, 2.05) is 0 Å². The Kier molecular flexibility index (Phi) is 6.13. The minimum absolute atomic E-state index is 0.0301. The molecule has 0 aromatic heterocycles. The number of halogens is 4. The van der Waals surface area contributed by atoms with Crippen molar-refractivity contribution in [1.29, 1.82) is 0 Å². The Hall–Kier alpha value is -1.43. The Labute approximate surface area is 119 Å². The van der Waals surface area contributed by atoms with Crippen LogP contribution < -0.4 is 4.74 Å². The van der Waals surface area contributed by atoms with Crippen molar-refractivity contribution < 1.29 is 27.4 Å². The third kappa shape index (κ3) is 5.69. The van der Waals surface area contributed by atoms with Gasteiger partial charge in [-0.05, 0) is 19.4 Å². The molecule has 0 amide bonds. The smallest absolute Gasteiger partial charge is 0.466 e. The normalized spacial score (nSPS) is 12.8. The predicted molar refractivity (Wildman–Crippen MR) is 67.6 cm³/mol. The monoisotopic (exact) mass is 310 g/mol. The maximum Gasteiger partial charge on any atom is 0.573 e. The lowest BCUT2D eigenvalue weighted by atomic mass is 10.1. The van der Waals surface area contributed by atoms with E-state index in [2.05, 4.69) is 4.74 Å². The van der Waals surface area contributed by atoms with E-state index < -0.39 is 17.7 Å². The molecule has 0 aliphatic rings. The van der Waals surface area contributed by atoms with Crippen LogP contribution in [0.4, 0.5) is 13.2 Å². The molecule has 3 nitrogen and oxygen atoms in total. The highest BCUT2D eigenvalue weighted by Gasteiger charge is 2.32. The van der Waals surface area contributed by atoms with Gasteiger partial charge in [-0.1, -0.05) is 18.2 Å². The lowest BCUT2D eigenvalue weighted by Gasteiger charge is -2.16. The van der Waals surface area contributed by atoms with Crippen molar-refractivity contribution in [3.05, 3.63) is 29.8 Å². The summed E-state index contributed by atoms with van der Waals surface area (Å²) in [6.07, 6.45) is -4.59. The van der Waals surface area contributed by atoms with Crippen LogP contribution in [-0.4, -0.2) is 18.9 Å². The summed E-state index contributed by atoms with van der Waals surface area (Å²) in [6.45, 7) is 1.92. The highest BCUT2D eigenvalue weighted by Crippen LogP contribution is 2.35. The largest absolute Gasteiger partial charge is 0.573 e. The van der Waals surface area contributed by atoms with Gasteiger partial charge in [0.15, 0.2) is 0 Å². The van der Waals surface area contributed by atoms with Gasteiger partial charge in [-0.2, -0.15) is 0 Å². The topological polar surface area (TPSA) is 35.5 Å². The molecule has 0 bridgehead atoms. The number of carbonyl (C=O) groups excluding carboxylic acids is 1. The summed E-state index contributed by atoms with van der Waals surface area (Å²) in [5.74, 6) is -0.795. The molecular formula is C13H14ClF3O3. The molecule has 0 spiro atoms. The lowest BCUT2D eigenvalue weighted by molar-refractivity contribution is -0.274. The van der Waals surface area contributed by atoms with Gasteiger partial charge in [0.25, 0.3) is 0 Å². The highest BCUT2D eigenvalue weighted by molar-refractivity contribution is 6.21. The van der Waals surface area contributed by atoms with Crippen molar-refractivity contribution in [2.75, 3.05) is 6.61 Å². The molecule has 0 saturated heterocycles. The first kappa shape index (κ1) is 16.6. The van der Waals surface area contributed by atoms with E-state index in [-0.39, 0.29) is 30.8 Å². The predicted octanol–water partition coefficient (Wildman–Crippen LogP) is 4.21. The highest BCUT2D eigenvalue weighted by atomic mass is 35.5. The molecule has 112 valence electrons. The van der Waals surface area contributed by atoms with E-state index in [1.54, 1.807) is 13.0 Å². The number of para-hydroxylation sites is 1. The average molecular weight is 311 g/mol. The maximum absolute atomic E-state index is 12.3. The van der Waals surface area contributed by atoms with Crippen molar-refractivity contribution in [2.24, 2.45) is 0 Å². The zero-order chi connectivity index (χ0) is 15.2. The molecule has 1 unspecified atom stereocenters. The van der Waals surface area contributed by atoms with E-state index in [0.717, 1.165) is 0 Å². The SMILES string of the molecule is CCOC(=O)CCC(Cl)c1ccccc1OC(F)(F)F. The third-order valence-corrected chi connectivity index (χ3v) is 2.84. The van der Waals surface area contributed by atoms with Crippen molar-refractivity contribution in [1.82, 2.24) is 0 Å². The van der Waals surface area contributed by atoms with Gasteiger partial charge in [0, 0.05) is 12.0 Å². The molecule has 0 saturated carbocycles. The van der Waals surface area contributed by atoms with Crippen LogP contribution in [0.1, 0.15) is 30.7 Å². The molecule has 7 heteroatoms. The molecule has 0 aliphatic heterocycles. The minimum Gasteiger partial charge on any atom is -0.466 e. The summed E-state index contributed by atoms with van der Waals surface area (Å²) in [5.41, 5.74) is 0.191. The number of rotatable bonds is 6. The Balaban J connectivity index is 2.72. The van der Waals surface area contributed by atoms with Crippen LogP contribution >= 0.6 is 11.6 Å². The van der Waals surface area contributed by atoms with E-state index in [0.29, 0.717) is 0 Å². The van der Waals surface area contributed by atoms with Crippen LogP contribution in [0.15, 0.2) is 24.3 Å². The second-order valence-corrected chi connectivity index (χ2v) is 4.42. The van der Waals surface area contributed by atoms with Gasteiger partial charge in [-0.15, -0.1) is 24.8 Å². The average Bonchev–Trinajstić information content (AvgIpc) is 2.35. The first-order valence-electron chi connectivity index (χ1n) is 5.98. The molecule has 0 N–H and O–H groups in total. The lowest BCUT2D eigenvalue weighted by Crippen LogP contribution is -2.18. The summed E-state index contributed by atoms with van der Waals surface area (Å²) in [6, 6.07) is 5.59. The molecule has 1 atom stereocenters. The van der Waals surface area contributed by atoms with Gasteiger partial charge >= 0.3 is 12.3 Å². The summed E-state index contributed by atoms with van der Waals surface area (Å²) >= 11 is 6.03. The van der Waals surface area contributed by atoms with Crippen LogP contribution in [0.25, 0.3) is 0 Å². The van der Waals surface area contributed by atoms with Crippen LogP contribution in [-0.2, 0) is 9.53 Å². The fraction of sp³-hybridized carbons (Fsp3) is 0.462. The molecule has 20 heavy (non-hydrogen) atoms. The minimum atomic E-state index is -4.78. The van der Waals surface area contributed by atoms with Crippen molar-refractivity contribution in [3.63, 3.8) is 0 Å². The number of ether oxygens (including phenoxy) is 2. The number of esters is 1. The van der Waals surface area contributed by atoms with Crippen LogP contribution in [0.2, 0.25) is 0 Å². The maximum atomic E-state index is 12.3. The molecule has 0 radical (unpaired) electrons. The molecule has 1 aromatic carbocycles. The quantitative estimate of drug-likeness (QED) is 0.583. The van der Waals surface area contributed by atoms with Gasteiger partial charge in [-0.25, -0.2) is 0 Å². The molecular weight excluding hydrogens is 297 g/mol. The number of benzene rings is 1. The van der Waals surface area contributed by atoms with Gasteiger partial charge < -0.3 is 9.47 Å². The standard InChI is InChI=1S/C13H14ClF3O3/c1-2-19-12(18)8-7-10(14)9-5-3-4-6-11(9)20-13(15,16)17/h3-6,10H,2,7-8H2,1H3. The second kappa shape index (κ2) is 7.38. The molecule has 0 aliphatic carbocycles. The molecule has 1 aromatic rings. The summed E-state index contributed by atoms with van der Waals surface area (Å²) < 4.78 is 45.4. The van der Waals surface area contributed by atoms with E-state index in [9.17, 15) is 18.0 Å². The van der Waals surface area contributed by atoms with Crippen molar-refractivity contribution >= 4 is 17.6 Å². The fourth-order valence-electron chi connectivity index (χ4n) is 1.59. The molecule has 1 rings (SSSR count). The Bertz CT molecular complexity index is 449.